The van der Waals surface area contributed by atoms with Gasteiger partial charge in [0.2, 0.25) is 0 Å². The molecule has 0 N–H and O–H groups in total. The lowest BCUT2D eigenvalue weighted by Gasteiger charge is -2.16. The largest absolute Gasteiger partial charge is 0.142 e. The average molecular weight is 575 g/mol. The Morgan fingerprint density at radius 1 is 0.357 bits per heavy atom. The second-order valence-corrected chi connectivity index (χ2v) is 12.4. The Labute approximate surface area is 256 Å². The highest BCUT2D eigenvalue weighted by Crippen LogP contribution is 2.49. The number of thiophene rings is 2. The summed E-state index contributed by atoms with van der Waals surface area (Å²) in [4.78, 5) is 2.65. The number of benzene rings is 5. The number of rotatable bonds is 6. The molecule has 0 amide bonds. The Bertz CT molecular complexity index is 1820. The van der Waals surface area contributed by atoms with Crippen LogP contribution in [0.1, 0.15) is 11.1 Å². The zero-order valence-electron chi connectivity index (χ0n) is 23.7. The first-order chi connectivity index (χ1) is 20.7. The second kappa shape index (κ2) is 11.4. The van der Waals surface area contributed by atoms with Crippen molar-refractivity contribution < 1.29 is 0 Å². The highest BCUT2D eigenvalue weighted by atomic mass is 32.1. The zero-order valence-corrected chi connectivity index (χ0v) is 25.3. The number of hydrogen-bond donors (Lipinski definition) is 0. The fourth-order valence-electron chi connectivity index (χ4n) is 5.86. The monoisotopic (exact) mass is 574 g/mol. The van der Waals surface area contributed by atoms with E-state index in [0.29, 0.717) is 0 Å². The van der Waals surface area contributed by atoms with Crippen molar-refractivity contribution in [2.24, 2.45) is 0 Å². The summed E-state index contributed by atoms with van der Waals surface area (Å²) in [5.41, 5.74) is 15.4. The second-order valence-electron chi connectivity index (χ2n) is 10.7. The average Bonchev–Trinajstić information content (AvgIpc) is 3.69. The van der Waals surface area contributed by atoms with Gasteiger partial charge in [0.05, 0.1) is 0 Å². The number of aryl methyl sites for hydroxylation is 2. The van der Waals surface area contributed by atoms with Crippen LogP contribution in [0.25, 0.3) is 65.4 Å². The molecule has 0 aliphatic heterocycles. The van der Waals surface area contributed by atoms with E-state index in [1.165, 1.54) is 76.5 Å². The molecule has 202 valence electrons. The van der Waals surface area contributed by atoms with Gasteiger partial charge in [-0.25, -0.2) is 0 Å². The third-order valence-electron chi connectivity index (χ3n) is 7.94. The molecule has 2 heteroatoms. The predicted molar refractivity (Wildman–Crippen MR) is 184 cm³/mol. The minimum Gasteiger partial charge on any atom is -0.142 e. The van der Waals surface area contributed by atoms with Crippen LogP contribution in [0.15, 0.2) is 144 Å². The Kier molecular flexibility index (Phi) is 7.17. The molecule has 5 aromatic carbocycles. The van der Waals surface area contributed by atoms with E-state index < -0.39 is 0 Å². The SMILES string of the molecule is Cc1cc(-c2scc(-c3ccccc3)c2-c2ccccc2)c(C)cc1-c1scc(-c2ccccc2)c1-c1ccccc1. The van der Waals surface area contributed by atoms with Crippen molar-refractivity contribution in [3.63, 3.8) is 0 Å². The van der Waals surface area contributed by atoms with Gasteiger partial charge in [-0.3, -0.25) is 0 Å². The van der Waals surface area contributed by atoms with E-state index in [0.717, 1.165) is 0 Å². The summed E-state index contributed by atoms with van der Waals surface area (Å²) >= 11 is 3.69. The van der Waals surface area contributed by atoms with Crippen molar-refractivity contribution in [3.8, 4) is 65.4 Å². The van der Waals surface area contributed by atoms with Gasteiger partial charge >= 0.3 is 0 Å². The highest BCUT2D eigenvalue weighted by Gasteiger charge is 2.22. The first-order valence-corrected chi connectivity index (χ1v) is 16.0. The molecule has 0 atom stereocenters. The molecule has 2 aromatic heterocycles. The summed E-state index contributed by atoms with van der Waals surface area (Å²) in [5, 5.41) is 4.66. The van der Waals surface area contributed by atoms with Gasteiger partial charge in [0.1, 0.15) is 0 Å². The molecule has 0 nitrogen and oxygen atoms in total. The van der Waals surface area contributed by atoms with Crippen LogP contribution in [0.3, 0.4) is 0 Å². The molecule has 2 heterocycles. The predicted octanol–water partition coefficient (Wildman–Crippen LogP) is 12.4. The molecule has 0 saturated carbocycles. The number of hydrogen-bond acceptors (Lipinski definition) is 2. The van der Waals surface area contributed by atoms with Gasteiger partial charge < -0.3 is 0 Å². The first kappa shape index (κ1) is 26.4. The molecule has 0 fully saturated rings. The molecule has 0 aliphatic rings. The summed E-state index contributed by atoms with van der Waals surface area (Å²) < 4.78 is 0. The molecule has 0 radical (unpaired) electrons. The molecule has 0 unspecified atom stereocenters. The molecule has 0 bridgehead atoms. The third kappa shape index (κ3) is 4.83. The molecule has 42 heavy (non-hydrogen) atoms. The van der Waals surface area contributed by atoms with Gasteiger partial charge in [-0.15, -0.1) is 22.7 Å². The first-order valence-electron chi connectivity index (χ1n) is 14.3. The minimum absolute atomic E-state index is 1.25. The van der Waals surface area contributed by atoms with Gasteiger partial charge in [-0.2, -0.15) is 0 Å². The molecule has 0 spiro atoms. The van der Waals surface area contributed by atoms with E-state index in [9.17, 15) is 0 Å². The maximum atomic E-state index is 2.41. The van der Waals surface area contributed by atoms with E-state index >= 15 is 0 Å². The van der Waals surface area contributed by atoms with Crippen molar-refractivity contribution >= 4 is 22.7 Å². The fourth-order valence-corrected chi connectivity index (χ4v) is 8.23. The van der Waals surface area contributed by atoms with E-state index in [4.69, 9.17) is 0 Å². The molecular weight excluding hydrogens is 545 g/mol. The zero-order chi connectivity index (χ0) is 28.5. The lowest BCUT2D eigenvalue weighted by molar-refractivity contribution is 1.40. The van der Waals surface area contributed by atoms with Crippen molar-refractivity contribution in [2.45, 2.75) is 13.8 Å². The standard InChI is InChI=1S/C40H30S2/c1-27-23-34(40-38(32-21-13-6-14-22-32)36(26-42-40)30-17-9-4-10-18-30)28(2)24-33(27)39-37(31-19-11-5-12-20-31)35(25-41-39)29-15-7-3-8-16-29/h3-26H,1-2H3. The summed E-state index contributed by atoms with van der Waals surface area (Å²) in [5.74, 6) is 0. The molecular formula is C40H30S2. The van der Waals surface area contributed by atoms with Gasteiger partial charge in [0.25, 0.3) is 0 Å². The molecule has 0 saturated heterocycles. The van der Waals surface area contributed by atoms with Crippen LogP contribution in [0.2, 0.25) is 0 Å². The summed E-state index contributed by atoms with van der Waals surface area (Å²) in [6, 6.07) is 48.0. The van der Waals surface area contributed by atoms with Crippen LogP contribution in [-0.4, -0.2) is 0 Å². The normalized spacial score (nSPS) is 11.1. The van der Waals surface area contributed by atoms with Crippen LogP contribution < -0.4 is 0 Å². The summed E-state index contributed by atoms with van der Waals surface area (Å²) in [6.07, 6.45) is 0. The Balaban J connectivity index is 1.40. The maximum Gasteiger partial charge on any atom is 0.0430 e. The Morgan fingerprint density at radius 2 is 0.667 bits per heavy atom. The van der Waals surface area contributed by atoms with Crippen LogP contribution >= 0.6 is 22.7 Å². The Hall–Kier alpha value is -4.50. The van der Waals surface area contributed by atoms with Crippen molar-refractivity contribution in [3.05, 3.63) is 155 Å². The van der Waals surface area contributed by atoms with Gasteiger partial charge in [-0.1, -0.05) is 121 Å². The van der Waals surface area contributed by atoms with Crippen LogP contribution in [-0.2, 0) is 0 Å². The third-order valence-corrected chi connectivity index (χ3v) is 9.96. The highest BCUT2D eigenvalue weighted by molar-refractivity contribution is 7.15. The van der Waals surface area contributed by atoms with Gasteiger partial charge in [-0.05, 0) is 81.2 Å². The summed E-state index contributed by atoms with van der Waals surface area (Å²) in [7, 11) is 0. The van der Waals surface area contributed by atoms with Crippen molar-refractivity contribution in [1.29, 1.82) is 0 Å². The smallest absolute Gasteiger partial charge is 0.0430 e. The maximum absolute atomic E-state index is 2.41. The van der Waals surface area contributed by atoms with Gasteiger partial charge in [0.15, 0.2) is 0 Å². The van der Waals surface area contributed by atoms with Gasteiger partial charge in [0, 0.05) is 32.0 Å². The Morgan fingerprint density at radius 3 is 1.00 bits per heavy atom. The van der Waals surface area contributed by atoms with Crippen molar-refractivity contribution in [2.75, 3.05) is 0 Å². The molecule has 7 rings (SSSR count). The quantitative estimate of drug-likeness (QED) is 0.185. The van der Waals surface area contributed by atoms with Crippen LogP contribution in [0, 0.1) is 13.8 Å². The summed E-state index contributed by atoms with van der Waals surface area (Å²) in [6.45, 7) is 4.53. The minimum atomic E-state index is 1.25. The van der Waals surface area contributed by atoms with E-state index in [1.807, 2.05) is 22.7 Å². The fraction of sp³-hybridized carbons (Fsp3) is 0.0500. The lowest BCUT2D eigenvalue weighted by Crippen LogP contribution is -1.91. The van der Waals surface area contributed by atoms with E-state index in [2.05, 4.69) is 158 Å². The van der Waals surface area contributed by atoms with Crippen LogP contribution in [0.5, 0.6) is 0 Å². The molecule has 7 aromatic rings. The van der Waals surface area contributed by atoms with Crippen molar-refractivity contribution in [1.82, 2.24) is 0 Å². The lowest BCUT2D eigenvalue weighted by atomic mass is 9.89. The molecule has 0 aliphatic carbocycles. The van der Waals surface area contributed by atoms with Crippen LogP contribution in [0.4, 0.5) is 0 Å². The van der Waals surface area contributed by atoms with E-state index in [-0.39, 0.29) is 0 Å². The van der Waals surface area contributed by atoms with E-state index in [1.54, 1.807) is 0 Å². The topological polar surface area (TPSA) is 0 Å².